The molecule has 2 aromatic carbocycles. The second-order valence-corrected chi connectivity index (χ2v) is 8.75. The van der Waals surface area contributed by atoms with E-state index < -0.39 is 0 Å². The lowest BCUT2D eigenvalue weighted by atomic mass is 9.89. The Labute approximate surface area is 189 Å². The van der Waals surface area contributed by atoms with Crippen LogP contribution in [0.15, 0.2) is 59.7 Å². The highest BCUT2D eigenvalue weighted by Gasteiger charge is 2.24. The molecule has 1 fully saturated rings. The number of halogens is 2. The number of aromatic nitrogens is 3. The number of imidazole rings is 1. The summed E-state index contributed by atoms with van der Waals surface area (Å²) in [5, 5.41) is 11.6. The van der Waals surface area contributed by atoms with Crippen molar-refractivity contribution in [2.24, 2.45) is 0 Å². The Hall–Kier alpha value is -3.03. The average molecular weight is 455 g/mol. The normalized spacial score (nSPS) is 15.6. The van der Waals surface area contributed by atoms with Crippen LogP contribution in [0.25, 0.3) is 16.6 Å². The number of nitrogens with zero attached hydrogens (tertiary/aromatic N) is 3. The number of nitrogens with one attached hydrogen (secondary N) is 1. The van der Waals surface area contributed by atoms with Gasteiger partial charge in [0.05, 0.1) is 11.7 Å². The lowest BCUT2D eigenvalue weighted by Gasteiger charge is -2.32. The maximum Gasteiger partial charge on any atom is 0.328 e. The maximum atomic E-state index is 13.4. The summed E-state index contributed by atoms with van der Waals surface area (Å²) in [6, 6.07) is 12.4. The number of aromatic hydroxyl groups is 1. The molecule has 4 aromatic rings. The topological polar surface area (TPSA) is 66.2 Å². The summed E-state index contributed by atoms with van der Waals surface area (Å²) in [4.78, 5) is 16.6. The van der Waals surface area contributed by atoms with E-state index >= 15 is 0 Å². The average Bonchev–Trinajstić information content (AvgIpc) is 3.32. The molecule has 0 spiro atoms. The van der Waals surface area contributed by atoms with Crippen LogP contribution < -0.4 is 5.69 Å². The molecule has 1 saturated heterocycles. The Kier molecular flexibility index (Phi) is 5.53. The number of aromatic amines is 1. The van der Waals surface area contributed by atoms with Crippen molar-refractivity contribution < 1.29 is 9.50 Å². The fraction of sp³-hybridized carbons (Fsp3) is 0.292. The fourth-order valence-electron chi connectivity index (χ4n) is 4.68. The number of hydrogen-bond donors (Lipinski definition) is 2. The first-order chi connectivity index (χ1) is 15.5. The third kappa shape index (κ3) is 3.94. The molecule has 5 rings (SSSR count). The van der Waals surface area contributed by atoms with Crippen molar-refractivity contribution in [1.82, 2.24) is 19.0 Å². The van der Waals surface area contributed by atoms with Gasteiger partial charge in [0.2, 0.25) is 5.88 Å². The quantitative estimate of drug-likeness (QED) is 0.466. The molecular weight excluding hydrogens is 431 g/mol. The van der Waals surface area contributed by atoms with Crippen LogP contribution in [-0.2, 0) is 6.54 Å². The minimum Gasteiger partial charge on any atom is -0.493 e. The first-order valence-corrected chi connectivity index (χ1v) is 11.1. The van der Waals surface area contributed by atoms with Gasteiger partial charge in [0.25, 0.3) is 0 Å². The van der Waals surface area contributed by atoms with Gasteiger partial charge in [-0.15, -0.1) is 0 Å². The number of likely N-dealkylation sites (tertiary alicyclic amines) is 1. The summed E-state index contributed by atoms with van der Waals surface area (Å²) >= 11 is 6.33. The predicted octanol–water partition coefficient (Wildman–Crippen LogP) is 4.50. The lowest BCUT2D eigenvalue weighted by molar-refractivity contribution is 0.202. The zero-order chi connectivity index (χ0) is 22.2. The summed E-state index contributed by atoms with van der Waals surface area (Å²) in [5.74, 6) is 0.101. The third-order valence-electron chi connectivity index (χ3n) is 6.42. The zero-order valence-electron chi connectivity index (χ0n) is 17.5. The fourth-order valence-corrected chi connectivity index (χ4v) is 4.85. The van der Waals surface area contributed by atoms with Gasteiger partial charge in [0, 0.05) is 35.4 Å². The predicted molar refractivity (Wildman–Crippen MR) is 123 cm³/mol. The molecule has 3 heterocycles. The van der Waals surface area contributed by atoms with Crippen molar-refractivity contribution >= 4 is 22.5 Å². The van der Waals surface area contributed by atoms with Crippen LogP contribution in [-0.4, -0.2) is 43.8 Å². The van der Waals surface area contributed by atoms with Crippen LogP contribution in [0.2, 0.25) is 5.02 Å². The number of hydrogen-bond acceptors (Lipinski definition) is 3. The van der Waals surface area contributed by atoms with Crippen LogP contribution in [0.3, 0.4) is 0 Å². The summed E-state index contributed by atoms with van der Waals surface area (Å²) < 4.78 is 16.9. The number of fused-ring (bicyclic) bond motifs is 1. The third-order valence-corrected chi connectivity index (χ3v) is 6.65. The van der Waals surface area contributed by atoms with Gasteiger partial charge >= 0.3 is 5.69 Å². The van der Waals surface area contributed by atoms with Crippen LogP contribution in [0.5, 0.6) is 5.88 Å². The van der Waals surface area contributed by atoms with Gasteiger partial charge in [-0.3, -0.25) is 4.57 Å². The highest BCUT2D eigenvalue weighted by molar-refractivity contribution is 6.31. The van der Waals surface area contributed by atoms with E-state index in [0.717, 1.165) is 42.5 Å². The Morgan fingerprint density at radius 3 is 2.53 bits per heavy atom. The van der Waals surface area contributed by atoms with Gasteiger partial charge in [-0.25, -0.2) is 9.18 Å². The summed E-state index contributed by atoms with van der Waals surface area (Å²) in [6.45, 7) is 2.99. The number of piperidine rings is 1. The molecule has 0 saturated carbocycles. The number of H-pyrrole nitrogens is 1. The van der Waals surface area contributed by atoms with E-state index in [0.29, 0.717) is 24.0 Å². The van der Waals surface area contributed by atoms with Crippen LogP contribution in [0.1, 0.15) is 24.3 Å². The van der Waals surface area contributed by atoms with Gasteiger partial charge in [-0.1, -0.05) is 11.6 Å². The van der Waals surface area contributed by atoms with Gasteiger partial charge < -0.3 is 19.6 Å². The van der Waals surface area contributed by atoms with E-state index in [1.807, 2.05) is 18.2 Å². The molecule has 0 atom stereocenters. The lowest BCUT2D eigenvalue weighted by Crippen LogP contribution is -2.36. The van der Waals surface area contributed by atoms with E-state index in [9.17, 15) is 14.3 Å². The maximum absolute atomic E-state index is 13.4. The van der Waals surface area contributed by atoms with Gasteiger partial charge in [-0.2, -0.15) is 0 Å². The van der Waals surface area contributed by atoms with E-state index in [1.54, 1.807) is 12.1 Å². The summed E-state index contributed by atoms with van der Waals surface area (Å²) in [5.41, 5.74) is 2.94. The molecule has 0 amide bonds. The molecule has 166 valence electrons. The van der Waals surface area contributed by atoms with E-state index in [-0.39, 0.29) is 17.4 Å². The van der Waals surface area contributed by atoms with Crippen molar-refractivity contribution in [3.63, 3.8) is 0 Å². The van der Waals surface area contributed by atoms with Crippen molar-refractivity contribution in [3.05, 3.63) is 81.7 Å². The standard InChI is InChI=1S/C24H24ClFN4O2/c25-17-1-6-22-20(13-17)21(15-30(22)19-4-2-18(26)3-5-19)16-7-9-28(10-8-16)11-12-29-23(31)14-27-24(29)32/h1-6,13-16,31H,7-12H2,(H,27,32). The van der Waals surface area contributed by atoms with Crippen molar-refractivity contribution in [3.8, 4) is 11.6 Å². The number of rotatable bonds is 5. The minimum absolute atomic E-state index is 0.0321. The Balaban J connectivity index is 1.35. The van der Waals surface area contributed by atoms with Gasteiger partial charge in [-0.05, 0) is 79.9 Å². The largest absolute Gasteiger partial charge is 0.493 e. The highest BCUT2D eigenvalue weighted by atomic mass is 35.5. The number of benzene rings is 2. The van der Waals surface area contributed by atoms with Gasteiger partial charge in [0.15, 0.2) is 0 Å². The van der Waals surface area contributed by atoms with Crippen LogP contribution in [0, 0.1) is 5.82 Å². The monoisotopic (exact) mass is 454 g/mol. The zero-order valence-corrected chi connectivity index (χ0v) is 18.2. The molecule has 32 heavy (non-hydrogen) atoms. The van der Waals surface area contributed by atoms with Gasteiger partial charge in [0.1, 0.15) is 5.82 Å². The molecule has 2 N–H and O–H groups in total. The summed E-state index contributed by atoms with van der Waals surface area (Å²) in [7, 11) is 0. The second-order valence-electron chi connectivity index (χ2n) is 8.31. The van der Waals surface area contributed by atoms with Crippen LogP contribution >= 0.6 is 11.6 Å². The van der Waals surface area contributed by atoms with E-state index in [2.05, 4.69) is 20.6 Å². The smallest absolute Gasteiger partial charge is 0.328 e. The van der Waals surface area contributed by atoms with Crippen molar-refractivity contribution in [2.75, 3.05) is 19.6 Å². The molecule has 0 aliphatic carbocycles. The molecule has 2 aromatic heterocycles. The SMILES string of the molecule is O=c1[nH]cc(O)n1CCN1CCC(c2cn(-c3ccc(F)cc3)c3ccc(Cl)cc23)CC1. The molecular formula is C24H24ClFN4O2. The second kappa shape index (κ2) is 8.48. The Bertz CT molecular complexity index is 1300. The summed E-state index contributed by atoms with van der Waals surface area (Å²) in [6.07, 6.45) is 5.45. The van der Waals surface area contributed by atoms with Crippen molar-refractivity contribution in [2.45, 2.75) is 25.3 Å². The molecule has 8 heteroatoms. The highest BCUT2D eigenvalue weighted by Crippen LogP contribution is 2.37. The van der Waals surface area contributed by atoms with E-state index in [1.165, 1.54) is 28.5 Å². The molecule has 0 unspecified atom stereocenters. The molecule has 1 aliphatic heterocycles. The van der Waals surface area contributed by atoms with E-state index in [4.69, 9.17) is 11.6 Å². The van der Waals surface area contributed by atoms with Crippen molar-refractivity contribution in [1.29, 1.82) is 0 Å². The Morgan fingerprint density at radius 1 is 1.09 bits per heavy atom. The minimum atomic E-state index is -0.289. The van der Waals surface area contributed by atoms with Crippen LogP contribution in [0.4, 0.5) is 4.39 Å². The first-order valence-electron chi connectivity index (χ1n) is 10.8. The molecule has 1 aliphatic rings. The Morgan fingerprint density at radius 2 is 1.84 bits per heavy atom. The molecule has 6 nitrogen and oxygen atoms in total. The first kappa shape index (κ1) is 20.8. The molecule has 0 radical (unpaired) electrons. The molecule has 0 bridgehead atoms.